The van der Waals surface area contributed by atoms with Gasteiger partial charge in [0.05, 0.1) is 38.5 Å². The molecule has 7 nitrogen and oxygen atoms in total. The van der Waals surface area contributed by atoms with Gasteiger partial charge in [-0.25, -0.2) is 19.9 Å². The molecule has 3 aromatic heterocycles. The molecule has 0 saturated heterocycles. The predicted molar refractivity (Wildman–Crippen MR) is 96.8 cm³/mol. The molecular formula is C17H9N7S. The van der Waals surface area contributed by atoms with E-state index in [1.54, 1.807) is 6.33 Å². The number of nitrogens with zero attached hydrogens (tertiary/aromatic N) is 5. The summed E-state index contributed by atoms with van der Waals surface area (Å²) in [6, 6.07) is 11.7. The van der Waals surface area contributed by atoms with Crippen LogP contribution in [-0.4, -0.2) is 24.9 Å². The van der Waals surface area contributed by atoms with Crippen molar-refractivity contribution in [3.63, 3.8) is 0 Å². The van der Waals surface area contributed by atoms with Crippen LogP contribution >= 0.6 is 11.3 Å². The van der Waals surface area contributed by atoms with E-state index in [2.05, 4.69) is 36.3 Å². The second kappa shape index (κ2) is 5.22. The summed E-state index contributed by atoms with van der Waals surface area (Å²) in [5, 5.41) is 13.8. The number of benzene rings is 2. The van der Waals surface area contributed by atoms with Crippen LogP contribution in [0.1, 0.15) is 5.01 Å². The van der Waals surface area contributed by atoms with Crippen molar-refractivity contribution in [2.24, 2.45) is 0 Å². The number of hydrogen-bond acceptors (Lipinski definition) is 7. The fraction of sp³-hybridized carbons (Fsp3) is 0. The lowest BCUT2D eigenvalue weighted by Crippen LogP contribution is -1.96. The van der Waals surface area contributed by atoms with Gasteiger partial charge in [-0.3, -0.25) is 0 Å². The molecular weight excluding hydrogens is 334 g/mol. The van der Waals surface area contributed by atoms with E-state index in [4.69, 9.17) is 5.26 Å². The number of imidazole rings is 1. The van der Waals surface area contributed by atoms with Crippen LogP contribution in [0.3, 0.4) is 0 Å². The third-order valence-corrected chi connectivity index (χ3v) is 4.93. The van der Waals surface area contributed by atoms with E-state index in [1.807, 2.05) is 30.3 Å². The fourth-order valence-corrected chi connectivity index (χ4v) is 3.73. The maximum atomic E-state index is 9.14. The van der Waals surface area contributed by atoms with Gasteiger partial charge in [-0.05, 0) is 30.3 Å². The first-order valence-electron chi connectivity index (χ1n) is 7.46. The van der Waals surface area contributed by atoms with Crippen molar-refractivity contribution in [1.29, 1.82) is 5.26 Å². The lowest BCUT2D eigenvalue weighted by atomic mass is 10.2. The van der Waals surface area contributed by atoms with E-state index < -0.39 is 0 Å². The number of rotatable bonds is 2. The highest BCUT2D eigenvalue weighted by Gasteiger charge is 2.13. The van der Waals surface area contributed by atoms with Crippen molar-refractivity contribution in [1.82, 2.24) is 24.9 Å². The van der Waals surface area contributed by atoms with Crippen LogP contribution in [-0.2, 0) is 0 Å². The molecule has 0 aliphatic heterocycles. The minimum Gasteiger partial charge on any atom is -0.345 e. The Morgan fingerprint density at radius 2 is 1.92 bits per heavy atom. The summed E-state index contributed by atoms with van der Waals surface area (Å²) < 4.78 is 0.903. The van der Waals surface area contributed by atoms with Gasteiger partial charge in [0, 0.05) is 5.69 Å². The molecule has 0 aliphatic rings. The van der Waals surface area contributed by atoms with Crippen molar-refractivity contribution >= 4 is 55.0 Å². The molecule has 0 saturated carbocycles. The van der Waals surface area contributed by atoms with E-state index >= 15 is 0 Å². The van der Waals surface area contributed by atoms with Crippen LogP contribution in [0.15, 0.2) is 43.0 Å². The molecule has 0 fully saturated rings. The zero-order valence-corrected chi connectivity index (χ0v) is 13.5. The largest absolute Gasteiger partial charge is 0.345 e. The van der Waals surface area contributed by atoms with E-state index in [9.17, 15) is 0 Å². The number of thiazole rings is 1. The second-order valence-electron chi connectivity index (χ2n) is 5.42. The summed E-state index contributed by atoms with van der Waals surface area (Å²) in [4.78, 5) is 20.4. The molecule has 0 unspecified atom stereocenters. The van der Waals surface area contributed by atoms with Crippen LogP contribution < -0.4 is 5.32 Å². The Balaban J connectivity index is 1.71. The fourth-order valence-electron chi connectivity index (χ4n) is 2.82. The maximum Gasteiger partial charge on any atom is 0.195 e. The van der Waals surface area contributed by atoms with Gasteiger partial charge in [0.25, 0.3) is 0 Å². The summed E-state index contributed by atoms with van der Waals surface area (Å²) in [6.45, 7) is 0. The molecule has 8 heteroatoms. The van der Waals surface area contributed by atoms with E-state index in [1.165, 1.54) is 17.7 Å². The lowest BCUT2D eigenvalue weighted by Gasteiger charge is -2.08. The van der Waals surface area contributed by atoms with Gasteiger partial charge >= 0.3 is 0 Å². The van der Waals surface area contributed by atoms with Crippen LogP contribution in [0, 0.1) is 11.3 Å². The topological polar surface area (TPSA) is 103 Å². The average Bonchev–Trinajstić information content (AvgIpc) is 3.27. The van der Waals surface area contributed by atoms with Crippen LogP contribution in [0.4, 0.5) is 11.5 Å². The molecule has 5 rings (SSSR count). The number of H-pyrrole nitrogens is 1. The Morgan fingerprint density at radius 3 is 2.84 bits per heavy atom. The highest BCUT2D eigenvalue weighted by Crippen LogP contribution is 2.34. The minimum absolute atomic E-state index is 0.427. The van der Waals surface area contributed by atoms with Gasteiger partial charge in [-0.2, -0.15) is 5.26 Å². The molecule has 25 heavy (non-hydrogen) atoms. The Labute approximate surface area is 145 Å². The molecule has 0 radical (unpaired) electrons. The first-order valence-corrected chi connectivity index (χ1v) is 8.28. The molecule has 2 N–H and O–H groups in total. The molecule has 118 valence electrons. The van der Waals surface area contributed by atoms with E-state index in [0.717, 1.165) is 37.8 Å². The van der Waals surface area contributed by atoms with Crippen molar-refractivity contribution in [3.8, 4) is 6.07 Å². The number of nitrogens with one attached hydrogen (secondary N) is 2. The Hall–Kier alpha value is -3.57. The molecule has 5 aromatic rings. The van der Waals surface area contributed by atoms with Crippen LogP contribution in [0.25, 0.3) is 32.2 Å². The summed E-state index contributed by atoms with van der Waals surface area (Å²) in [7, 11) is 0. The highest BCUT2D eigenvalue weighted by atomic mass is 32.1. The standard InChI is InChI=1S/C17H9N7S/c18-6-14-24-12-4-3-11-15(16(12)25-14)17(22-8-20-11)23-9-1-2-10-13(5-9)21-7-19-10/h1-5,7-8H,(H,19,21)(H,20,22,23). The summed E-state index contributed by atoms with van der Waals surface area (Å²) in [6.07, 6.45) is 3.19. The number of fused-ring (bicyclic) bond motifs is 4. The molecule has 0 spiro atoms. The summed E-state index contributed by atoms with van der Waals surface area (Å²) in [5.41, 5.74) is 4.31. The molecule has 0 atom stereocenters. The average molecular weight is 343 g/mol. The second-order valence-corrected chi connectivity index (χ2v) is 6.42. The molecule has 0 bridgehead atoms. The maximum absolute atomic E-state index is 9.14. The van der Waals surface area contributed by atoms with Crippen molar-refractivity contribution in [2.45, 2.75) is 0 Å². The van der Waals surface area contributed by atoms with Crippen molar-refractivity contribution < 1.29 is 0 Å². The number of hydrogen-bond donors (Lipinski definition) is 2. The first kappa shape index (κ1) is 13.8. The number of aromatic amines is 1. The molecule has 3 heterocycles. The van der Waals surface area contributed by atoms with Gasteiger partial charge in [0.2, 0.25) is 0 Å². The van der Waals surface area contributed by atoms with Gasteiger partial charge < -0.3 is 10.3 Å². The van der Waals surface area contributed by atoms with E-state index in [0.29, 0.717) is 10.8 Å². The van der Waals surface area contributed by atoms with Crippen molar-refractivity contribution in [3.05, 3.63) is 48.0 Å². The third-order valence-electron chi connectivity index (χ3n) is 3.93. The van der Waals surface area contributed by atoms with Gasteiger partial charge in [0.15, 0.2) is 5.01 Å². The summed E-state index contributed by atoms with van der Waals surface area (Å²) >= 11 is 1.35. The Bertz CT molecular complexity index is 1300. The number of aromatic nitrogens is 5. The van der Waals surface area contributed by atoms with Gasteiger partial charge in [0.1, 0.15) is 18.2 Å². The monoisotopic (exact) mass is 343 g/mol. The Morgan fingerprint density at radius 1 is 1.04 bits per heavy atom. The number of nitriles is 1. The number of anilines is 2. The van der Waals surface area contributed by atoms with Crippen molar-refractivity contribution in [2.75, 3.05) is 5.32 Å². The first-order chi connectivity index (χ1) is 12.3. The quantitative estimate of drug-likeness (QED) is 0.506. The zero-order valence-electron chi connectivity index (χ0n) is 12.7. The Kier molecular flexibility index (Phi) is 2.89. The smallest absolute Gasteiger partial charge is 0.195 e. The van der Waals surface area contributed by atoms with Gasteiger partial charge in [-0.1, -0.05) is 0 Å². The zero-order chi connectivity index (χ0) is 16.8. The predicted octanol–water partition coefficient (Wildman–Crippen LogP) is 3.73. The third kappa shape index (κ3) is 2.18. The normalized spacial score (nSPS) is 11.2. The van der Waals surface area contributed by atoms with E-state index in [-0.39, 0.29) is 0 Å². The SMILES string of the molecule is N#Cc1nc2ccc3ncnc(Nc4ccc5nc[nH]c5c4)c3c2s1. The van der Waals surface area contributed by atoms with Crippen LogP contribution in [0.2, 0.25) is 0 Å². The molecule has 0 amide bonds. The van der Waals surface area contributed by atoms with Crippen LogP contribution in [0.5, 0.6) is 0 Å². The highest BCUT2D eigenvalue weighted by molar-refractivity contribution is 7.20. The molecule has 2 aromatic carbocycles. The molecule has 0 aliphatic carbocycles. The minimum atomic E-state index is 0.427. The summed E-state index contributed by atoms with van der Waals surface area (Å²) in [5.74, 6) is 0.683. The lowest BCUT2D eigenvalue weighted by molar-refractivity contribution is 1.22. The van der Waals surface area contributed by atoms with Gasteiger partial charge in [-0.15, -0.1) is 11.3 Å².